The molecular formula is C14H24N2O3S. The number of nitrogen functional groups attached to an aromatic ring is 1. The molecule has 0 aliphatic heterocycles. The molecule has 0 heterocycles. The molecule has 1 aromatic rings. The van der Waals surface area contributed by atoms with Crippen molar-refractivity contribution in [2.24, 2.45) is 5.41 Å². The molecule has 114 valence electrons. The molecule has 0 unspecified atom stereocenters. The molecule has 0 bridgehead atoms. The number of nitrogens with one attached hydrogen (secondary N) is 1. The summed E-state index contributed by atoms with van der Waals surface area (Å²) < 4.78 is 31.7. The molecule has 6 heteroatoms. The Morgan fingerprint density at radius 2 is 1.85 bits per heavy atom. The van der Waals surface area contributed by atoms with Gasteiger partial charge in [-0.25, -0.2) is 13.1 Å². The topological polar surface area (TPSA) is 81.4 Å². The minimum absolute atomic E-state index is 0.0368. The highest BCUT2D eigenvalue weighted by Crippen LogP contribution is 2.18. The van der Waals surface area contributed by atoms with Crippen molar-refractivity contribution >= 4 is 15.7 Å². The van der Waals surface area contributed by atoms with Crippen LogP contribution in [-0.4, -0.2) is 27.3 Å². The van der Waals surface area contributed by atoms with Crippen molar-refractivity contribution in [3.05, 3.63) is 24.3 Å². The van der Waals surface area contributed by atoms with Gasteiger partial charge in [-0.15, -0.1) is 0 Å². The zero-order chi connectivity index (χ0) is 15.2. The molecule has 0 atom stereocenters. The SMILES string of the molecule is CCC(C)(C)CNS(=O)(=O)CCOc1ccc(N)cc1. The Morgan fingerprint density at radius 3 is 2.40 bits per heavy atom. The summed E-state index contributed by atoms with van der Waals surface area (Å²) in [5.41, 5.74) is 6.17. The predicted octanol–water partition coefficient (Wildman–Crippen LogP) is 2.00. The molecule has 0 amide bonds. The molecule has 1 rings (SSSR count). The van der Waals surface area contributed by atoms with E-state index < -0.39 is 10.0 Å². The van der Waals surface area contributed by atoms with Gasteiger partial charge in [0.25, 0.3) is 0 Å². The second-order valence-electron chi connectivity index (χ2n) is 5.58. The van der Waals surface area contributed by atoms with Gasteiger partial charge >= 0.3 is 0 Å². The molecule has 0 spiro atoms. The van der Waals surface area contributed by atoms with Crippen molar-refractivity contribution in [2.45, 2.75) is 27.2 Å². The van der Waals surface area contributed by atoms with E-state index in [1.54, 1.807) is 24.3 Å². The fourth-order valence-electron chi connectivity index (χ4n) is 1.34. The average Bonchev–Trinajstić information content (AvgIpc) is 2.39. The molecule has 0 saturated carbocycles. The van der Waals surface area contributed by atoms with E-state index in [1.165, 1.54) is 0 Å². The highest BCUT2D eigenvalue weighted by molar-refractivity contribution is 7.89. The first-order valence-corrected chi connectivity index (χ1v) is 8.35. The summed E-state index contributed by atoms with van der Waals surface area (Å²) in [5, 5.41) is 0. The van der Waals surface area contributed by atoms with Crippen molar-refractivity contribution < 1.29 is 13.2 Å². The van der Waals surface area contributed by atoms with Crippen LogP contribution in [0.15, 0.2) is 24.3 Å². The van der Waals surface area contributed by atoms with Crippen molar-refractivity contribution in [1.82, 2.24) is 4.72 Å². The second-order valence-corrected chi connectivity index (χ2v) is 7.50. The lowest BCUT2D eigenvalue weighted by molar-refractivity contribution is 0.335. The Kier molecular flexibility index (Phi) is 5.83. The van der Waals surface area contributed by atoms with Crippen molar-refractivity contribution in [3.8, 4) is 5.75 Å². The van der Waals surface area contributed by atoms with Gasteiger partial charge in [0.2, 0.25) is 10.0 Å². The molecule has 0 saturated heterocycles. The molecule has 1 aromatic carbocycles. The highest BCUT2D eigenvalue weighted by atomic mass is 32.2. The van der Waals surface area contributed by atoms with Crippen LogP contribution in [0.3, 0.4) is 0 Å². The Hall–Kier alpha value is -1.27. The maximum absolute atomic E-state index is 11.8. The van der Waals surface area contributed by atoms with Crippen LogP contribution in [0.1, 0.15) is 27.2 Å². The first kappa shape index (κ1) is 16.8. The molecule has 0 aliphatic rings. The Morgan fingerprint density at radius 1 is 1.25 bits per heavy atom. The van der Waals surface area contributed by atoms with Crippen LogP contribution >= 0.6 is 0 Å². The van der Waals surface area contributed by atoms with Crippen molar-refractivity contribution in [1.29, 1.82) is 0 Å². The summed E-state index contributed by atoms with van der Waals surface area (Å²) in [7, 11) is -3.30. The number of anilines is 1. The number of nitrogens with two attached hydrogens (primary N) is 1. The van der Waals surface area contributed by atoms with Gasteiger partial charge < -0.3 is 10.5 Å². The van der Waals surface area contributed by atoms with E-state index in [4.69, 9.17) is 10.5 Å². The Bertz CT molecular complexity index is 510. The van der Waals surface area contributed by atoms with Crippen LogP contribution in [0.4, 0.5) is 5.69 Å². The monoisotopic (exact) mass is 300 g/mol. The molecule has 0 aromatic heterocycles. The number of ether oxygens (including phenoxy) is 1. The summed E-state index contributed by atoms with van der Waals surface area (Å²) in [4.78, 5) is 0. The van der Waals surface area contributed by atoms with Crippen LogP contribution < -0.4 is 15.2 Å². The van der Waals surface area contributed by atoms with E-state index in [2.05, 4.69) is 4.72 Å². The number of rotatable bonds is 8. The molecule has 20 heavy (non-hydrogen) atoms. The molecular weight excluding hydrogens is 276 g/mol. The number of sulfonamides is 1. The van der Waals surface area contributed by atoms with E-state index in [9.17, 15) is 8.42 Å². The van der Waals surface area contributed by atoms with Gasteiger partial charge in [-0.2, -0.15) is 0 Å². The minimum atomic E-state index is -3.30. The standard InChI is InChI=1S/C14H24N2O3S/c1-4-14(2,3)11-16-20(17,18)10-9-19-13-7-5-12(15)6-8-13/h5-8,16H,4,9-11,15H2,1-3H3. The largest absolute Gasteiger partial charge is 0.492 e. The number of hydrogen-bond acceptors (Lipinski definition) is 4. The van der Waals surface area contributed by atoms with E-state index in [0.717, 1.165) is 6.42 Å². The lowest BCUT2D eigenvalue weighted by atomic mass is 9.91. The average molecular weight is 300 g/mol. The molecule has 0 radical (unpaired) electrons. The summed E-state index contributed by atoms with van der Waals surface area (Å²) in [6.45, 7) is 6.65. The van der Waals surface area contributed by atoms with E-state index in [1.807, 2.05) is 20.8 Å². The van der Waals surface area contributed by atoms with Crippen LogP contribution in [0.2, 0.25) is 0 Å². The minimum Gasteiger partial charge on any atom is -0.492 e. The summed E-state index contributed by atoms with van der Waals surface area (Å²) in [6.07, 6.45) is 0.914. The maximum Gasteiger partial charge on any atom is 0.214 e. The third kappa shape index (κ3) is 6.25. The van der Waals surface area contributed by atoms with E-state index in [0.29, 0.717) is 18.0 Å². The molecule has 3 N–H and O–H groups in total. The normalized spacial score (nSPS) is 12.3. The first-order valence-electron chi connectivity index (χ1n) is 6.70. The number of benzene rings is 1. The van der Waals surface area contributed by atoms with Gasteiger partial charge in [0.05, 0.1) is 5.75 Å². The van der Waals surface area contributed by atoms with Crippen LogP contribution in [0.25, 0.3) is 0 Å². The fourth-order valence-corrected chi connectivity index (χ4v) is 2.39. The smallest absolute Gasteiger partial charge is 0.214 e. The number of hydrogen-bond donors (Lipinski definition) is 2. The lowest BCUT2D eigenvalue weighted by Gasteiger charge is -2.22. The predicted molar refractivity (Wildman–Crippen MR) is 82.2 cm³/mol. The van der Waals surface area contributed by atoms with Gasteiger partial charge in [0, 0.05) is 12.2 Å². The second kappa shape index (κ2) is 6.95. The molecule has 0 aliphatic carbocycles. The lowest BCUT2D eigenvalue weighted by Crippen LogP contribution is -2.36. The van der Waals surface area contributed by atoms with Crippen molar-refractivity contribution in [2.75, 3.05) is 24.6 Å². The maximum atomic E-state index is 11.8. The van der Waals surface area contributed by atoms with Crippen LogP contribution in [0.5, 0.6) is 5.75 Å². The van der Waals surface area contributed by atoms with Gasteiger partial charge in [0.1, 0.15) is 12.4 Å². The third-order valence-corrected chi connectivity index (χ3v) is 4.52. The quantitative estimate of drug-likeness (QED) is 0.720. The van der Waals surface area contributed by atoms with Gasteiger partial charge in [-0.05, 0) is 36.1 Å². The van der Waals surface area contributed by atoms with Crippen LogP contribution in [-0.2, 0) is 10.0 Å². The summed E-state index contributed by atoms with van der Waals surface area (Å²) >= 11 is 0. The zero-order valence-electron chi connectivity index (χ0n) is 12.3. The van der Waals surface area contributed by atoms with Gasteiger partial charge in [-0.1, -0.05) is 20.8 Å². The Labute approximate surface area is 121 Å². The van der Waals surface area contributed by atoms with Crippen molar-refractivity contribution in [3.63, 3.8) is 0 Å². The van der Waals surface area contributed by atoms with Gasteiger partial charge in [-0.3, -0.25) is 0 Å². The Balaban J connectivity index is 2.38. The van der Waals surface area contributed by atoms with E-state index in [-0.39, 0.29) is 17.8 Å². The van der Waals surface area contributed by atoms with Crippen LogP contribution in [0, 0.1) is 5.41 Å². The highest BCUT2D eigenvalue weighted by Gasteiger charge is 2.19. The fraction of sp³-hybridized carbons (Fsp3) is 0.571. The first-order chi connectivity index (χ1) is 9.24. The summed E-state index contributed by atoms with van der Waals surface area (Å²) in [6, 6.07) is 6.86. The summed E-state index contributed by atoms with van der Waals surface area (Å²) in [5.74, 6) is 0.556. The third-order valence-electron chi connectivity index (χ3n) is 3.23. The molecule has 0 fully saturated rings. The molecule has 5 nitrogen and oxygen atoms in total. The van der Waals surface area contributed by atoms with Gasteiger partial charge in [0.15, 0.2) is 0 Å². The zero-order valence-corrected chi connectivity index (χ0v) is 13.2. The van der Waals surface area contributed by atoms with E-state index >= 15 is 0 Å².